The van der Waals surface area contributed by atoms with Crippen LogP contribution in [-0.2, 0) is 18.9 Å². The number of fused-ring (bicyclic) bond motifs is 2. The molecule has 0 fully saturated rings. The van der Waals surface area contributed by atoms with E-state index in [0.29, 0.717) is 45.3 Å². The molecule has 1 amide bonds. The molecule has 0 saturated heterocycles. The second-order valence-corrected chi connectivity index (χ2v) is 10.6. The first-order valence-corrected chi connectivity index (χ1v) is 12.3. The van der Waals surface area contributed by atoms with Gasteiger partial charge in [0.2, 0.25) is 0 Å². The number of rotatable bonds is 6. The van der Waals surface area contributed by atoms with Gasteiger partial charge in [0.25, 0.3) is 5.91 Å². The average Bonchev–Trinajstić information content (AvgIpc) is 3.31. The summed E-state index contributed by atoms with van der Waals surface area (Å²) in [4.78, 5) is 19.4. The normalized spacial score (nSPS) is 14.6. The fraction of sp³-hybridized carbons (Fsp3) is 0.269. The van der Waals surface area contributed by atoms with Gasteiger partial charge >= 0.3 is 0 Å². The first-order valence-electron chi connectivity index (χ1n) is 11.9. The van der Waals surface area contributed by atoms with Crippen LogP contribution in [-0.4, -0.2) is 47.9 Å². The Kier molecular flexibility index (Phi) is 6.07. The molecule has 0 spiro atoms. The molecule has 5 rings (SSSR count). The van der Waals surface area contributed by atoms with Crippen molar-refractivity contribution in [3.8, 4) is 16.9 Å². The third-order valence-electron chi connectivity index (χ3n) is 6.63. The molecule has 1 aliphatic heterocycles. The number of carbonyl (C=O) groups excluding carboxylic acids is 1. The number of benzene rings is 2. The van der Waals surface area contributed by atoms with Crippen LogP contribution in [0, 0.1) is 11.7 Å². The van der Waals surface area contributed by atoms with Crippen molar-refractivity contribution in [2.24, 2.45) is 13.0 Å². The molecule has 0 saturated carbocycles. The predicted octanol–water partition coefficient (Wildman–Crippen LogP) is 3.50. The summed E-state index contributed by atoms with van der Waals surface area (Å²) in [6.45, 7) is 4.55. The zero-order valence-corrected chi connectivity index (χ0v) is 21.7. The highest BCUT2D eigenvalue weighted by molar-refractivity contribution is 6.42. The van der Waals surface area contributed by atoms with Gasteiger partial charge in [0.15, 0.2) is 0 Å². The van der Waals surface area contributed by atoms with Crippen LogP contribution in [0.1, 0.15) is 35.5 Å². The fourth-order valence-corrected chi connectivity index (χ4v) is 4.97. The Hall–Kier alpha value is -3.32. The van der Waals surface area contributed by atoms with Crippen LogP contribution in [0.5, 0.6) is 5.75 Å². The molecule has 10 heteroatoms. The van der Waals surface area contributed by atoms with Crippen LogP contribution < -0.4 is 4.74 Å². The number of pyridine rings is 1. The molecule has 6 nitrogen and oxygen atoms in total. The average molecular weight is 503 g/mol. The summed E-state index contributed by atoms with van der Waals surface area (Å²) in [5, 5.41) is 5.11. The molecule has 0 atom stereocenters. The van der Waals surface area contributed by atoms with Gasteiger partial charge in [-0.3, -0.25) is 14.5 Å². The van der Waals surface area contributed by atoms with Crippen LogP contribution in [0.15, 0.2) is 48.8 Å². The Bertz CT molecular complexity index is 1510. The Balaban J connectivity index is 1.60. The highest BCUT2D eigenvalue weighted by atomic mass is 35.5. The summed E-state index contributed by atoms with van der Waals surface area (Å²) < 4.78 is 23.7. The fourth-order valence-electron chi connectivity index (χ4n) is 4.76. The molecule has 0 unspecified atom stereocenters. The second kappa shape index (κ2) is 8.96. The van der Waals surface area contributed by atoms with Crippen LogP contribution in [0.25, 0.3) is 22.0 Å². The quantitative estimate of drug-likeness (QED) is 0.379. The van der Waals surface area contributed by atoms with Gasteiger partial charge in [-0.05, 0) is 47.4 Å². The lowest BCUT2D eigenvalue weighted by atomic mass is 9.59. The van der Waals surface area contributed by atoms with E-state index in [0.717, 1.165) is 10.9 Å². The standard InChI is InChI=1S/C26H26B2ClFN4O2/c1-14(2)13-36-22-10-15(16-6-7-20(29)23-18(16)11-33(3)32-23)9-21(30)19(22)12-34-25(35)17-5-4-8-31-24(17)26(34,27)28/h4-11,14H,12-13,27-28H2,1-3H3. The predicted molar refractivity (Wildman–Crippen MR) is 144 cm³/mol. The molecule has 4 aromatic rings. The summed E-state index contributed by atoms with van der Waals surface area (Å²) in [6.07, 6.45) is 3.54. The highest BCUT2D eigenvalue weighted by Crippen LogP contribution is 2.39. The molecule has 1 aliphatic rings. The van der Waals surface area contributed by atoms with E-state index in [-0.39, 0.29) is 18.4 Å². The van der Waals surface area contributed by atoms with E-state index >= 15 is 4.39 Å². The van der Waals surface area contributed by atoms with Crippen molar-refractivity contribution >= 4 is 44.1 Å². The minimum absolute atomic E-state index is 0.0602. The number of ether oxygens (including phenoxy) is 1. The number of aryl methyl sites for hydroxylation is 1. The number of halogens is 2. The molecule has 0 bridgehead atoms. The Morgan fingerprint density at radius 3 is 2.69 bits per heavy atom. The Labute approximate surface area is 216 Å². The van der Waals surface area contributed by atoms with E-state index in [4.69, 9.17) is 16.3 Å². The molecular formula is C26H26B2ClFN4O2. The molecule has 0 N–H and O–H groups in total. The highest BCUT2D eigenvalue weighted by Gasteiger charge is 2.44. The minimum atomic E-state index is -0.688. The summed E-state index contributed by atoms with van der Waals surface area (Å²) >= 11 is 6.36. The molecule has 36 heavy (non-hydrogen) atoms. The van der Waals surface area contributed by atoms with Gasteiger partial charge in [-0.15, -0.1) is 0 Å². The van der Waals surface area contributed by atoms with E-state index in [1.54, 1.807) is 34.0 Å². The van der Waals surface area contributed by atoms with E-state index in [2.05, 4.69) is 10.1 Å². The lowest BCUT2D eigenvalue weighted by Gasteiger charge is -2.33. The van der Waals surface area contributed by atoms with E-state index in [1.807, 2.05) is 54.9 Å². The van der Waals surface area contributed by atoms with Crippen molar-refractivity contribution in [3.63, 3.8) is 0 Å². The maximum Gasteiger partial charge on any atom is 0.255 e. The number of amides is 1. The summed E-state index contributed by atoms with van der Waals surface area (Å²) in [5.41, 5.74) is 3.68. The summed E-state index contributed by atoms with van der Waals surface area (Å²) in [5.74, 6) is 0.0450. The second-order valence-electron chi connectivity index (χ2n) is 10.1. The van der Waals surface area contributed by atoms with Crippen molar-refractivity contribution in [2.45, 2.75) is 25.7 Å². The topological polar surface area (TPSA) is 60.2 Å². The van der Waals surface area contributed by atoms with Crippen molar-refractivity contribution in [3.05, 3.63) is 76.5 Å². The molecule has 182 valence electrons. The molecule has 0 aliphatic carbocycles. The summed E-state index contributed by atoms with van der Waals surface area (Å²) in [6, 6.07) is 10.5. The SMILES string of the molecule is BC1(B)c2ncccc2C(=O)N1Cc1c(F)cc(-c2ccc(Cl)c3nn(C)cc23)cc1OCC(C)C. The zero-order chi connectivity index (χ0) is 25.8. The van der Waals surface area contributed by atoms with E-state index in [1.165, 1.54) is 6.07 Å². The maximum absolute atomic E-state index is 15.9. The van der Waals surface area contributed by atoms with Gasteiger partial charge in [0.05, 0.1) is 29.4 Å². The van der Waals surface area contributed by atoms with Gasteiger partial charge in [0, 0.05) is 35.7 Å². The van der Waals surface area contributed by atoms with Crippen molar-refractivity contribution < 1.29 is 13.9 Å². The number of carbonyl (C=O) groups is 1. The maximum atomic E-state index is 15.9. The first kappa shape index (κ1) is 24.4. The van der Waals surface area contributed by atoms with E-state index < -0.39 is 11.2 Å². The third-order valence-corrected chi connectivity index (χ3v) is 6.94. The van der Waals surface area contributed by atoms with Crippen LogP contribution in [0.4, 0.5) is 4.39 Å². The smallest absolute Gasteiger partial charge is 0.255 e. The summed E-state index contributed by atoms with van der Waals surface area (Å²) in [7, 11) is 5.68. The van der Waals surface area contributed by atoms with Crippen LogP contribution in [0.3, 0.4) is 0 Å². The van der Waals surface area contributed by atoms with Crippen LogP contribution in [0.2, 0.25) is 5.02 Å². The number of nitrogens with zero attached hydrogens (tertiary/aromatic N) is 4. The van der Waals surface area contributed by atoms with Crippen molar-refractivity contribution in [1.82, 2.24) is 19.7 Å². The minimum Gasteiger partial charge on any atom is -0.493 e. The Morgan fingerprint density at radius 2 is 1.97 bits per heavy atom. The molecule has 2 aromatic heterocycles. The van der Waals surface area contributed by atoms with Gasteiger partial charge in [0.1, 0.15) is 32.8 Å². The number of hydrogen-bond donors (Lipinski definition) is 0. The van der Waals surface area contributed by atoms with Crippen LogP contribution >= 0.6 is 11.6 Å². The van der Waals surface area contributed by atoms with Gasteiger partial charge in [-0.1, -0.05) is 31.5 Å². The van der Waals surface area contributed by atoms with Gasteiger partial charge < -0.3 is 9.64 Å². The number of aromatic nitrogens is 3. The largest absolute Gasteiger partial charge is 0.493 e. The zero-order valence-electron chi connectivity index (χ0n) is 21.0. The molecule has 3 heterocycles. The first-order chi connectivity index (χ1) is 17.1. The number of hydrogen-bond acceptors (Lipinski definition) is 4. The van der Waals surface area contributed by atoms with Crippen molar-refractivity contribution in [2.75, 3.05) is 6.61 Å². The lowest BCUT2D eigenvalue weighted by Crippen LogP contribution is -2.45. The lowest BCUT2D eigenvalue weighted by molar-refractivity contribution is 0.0727. The molecular weight excluding hydrogens is 476 g/mol. The molecule has 0 radical (unpaired) electrons. The third kappa shape index (κ3) is 4.05. The van der Waals surface area contributed by atoms with Crippen molar-refractivity contribution in [1.29, 1.82) is 0 Å². The Morgan fingerprint density at radius 1 is 1.19 bits per heavy atom. The monoisotopic (exact) mass is 502 g/mol. The molecule has 2 aromatic carbocycles. The van der Waals surface area contributed by atoms with Gasteiger partial charge in [-0.2, -0.15) is 5.10 Å². The van der Waals surface area contributed by atoms with Gasteiger partial charge in [-0.25, -0.2) is 4.39 Å². The van der Waals surface area contributed by atoms with E-state index in [9.17, 15) is 4.79 Å².